The van der Waals surface area contributed by atoms with Gasteiger partial charge in [0, 0.05) is 23.2 Å². The van der Waals surface area contributed by atoms with Crippen LogP contribution in [0.4, 0.5) is 18.9 Å². The summed E-state index contributed by atoms with van der Waals surface area (Å²) in [7, 11) is 0. The zero-order valence-corrected chi connectivity index (χ0v) is 14.3. The molecular formula is C17H19ClF3N3O. The molecule has 0 saturated carbocycles. The van der Waals surface area contributed by atoms with Crippen molar-refractivity contribution in [2.45, 2.75) is 31.9 Å². The minimum absolute atomic E-state index is 0.141. The number of carbonyl (C=O) groups excluding carboxylic acids is 1. The minimum atomic E-state index is -4.96. The standard InChI is InChI=1S/C17H19ClF3N3O/c18-11-5-6-12-14(9-11)24-10-13(16(25)17(19,20)21)15(12)23-8-4-2-1-3-7-22/h5-6,9-10H,1-4,7-8,22H2,(H,23,24). The van der Waals surface area contributed by atoms with Gasteiger partial charge in [0.1, 0.15) is 0 Å². The summed E-state index contributed by atoms with van der Waals surface area (Å²) in [4.78, 5) is 15.7. The number of pyridine rings is 1. The minimum Gasteiger partial charge on any atom is -0.384 e. The van der Waals surface area contributed by atoms with Gasteiger partial charge in [0.25, 0.3) is 5.78 Å². The van der Waals surface area contributed by atoms with E-state index in [-0.39, 0.29) is 5.69 Å². The monoisotopic (exact) mass is 373 g/mol. The fourth-order valence-corrected chi connectivity index (χ4v) is 2.68. The number of alkyl halides is 3. The zero-order valence-electron chi connectivity index (χ0n) is 13.5. The molecule has 0 unspecified atom stereocenters. The van der Waals surface area contributed by atoms with E-state index < -0.39 is 17.5 Å². The van der Waals surface area contributed by atoms with E-state index in [0.29, 0.717) is 29.0 Å². The second-order valence-electron chi connectivity index (χ2n) is 5.66. The molecule has 1 aromatic carbocycles. The van der Waals surface area contributed by atoms with Gasteiger partial charge in [0.2, 0.25) is 0 Å². The maximum absolute atomic E-state index is 12.9. The number of ketones is 1. The van der Waals surface area contributed by atoms with Crippen LogP contribution < -0.4 is 11.1 Å². The molecule has 0 bridgehead atoms. The molecular weight excluding hydrogens is 355 g/mol. The number of hydrogen-bond donors (Lipinski definition) is 2. The number of halogens is 4. The SMILES string of the molecule is NCCCCCCNc1c(C(=O)C(F)(F)F)cnc2cc(Cl)ccc12. The highest BCUT2D eigenvalue weighted by molar-refractivity contribution is 6.31. The van der Waals surface area contributed by atoms with Gasteiger partial charge in [0.05, 0.1) is 16.8 Å². The number of rotatable bonds is 8. The lowest BCUT2D eigenvalue weighted by Crippen LogP contribution is -2.24. The maximum Gasteiger partial charge on any atom is 0.455 e. The van der Waals surface area contributed by atoms with Gasteiger partial charge in [-0.2, -0.15) is 13.2 Å². The van der Waals surface area contributed by atoms with Crippen LogP contribution in [-0.2, 0) is 0 Å². The van der Waals surface area contributed by atoms with Crippen LogP contribution in [-0.4, -0.2) is 30.0 Å². The van der Waals surface area contributed by atoms with Crippen molar-refractivity contribution in [1.29, 1.82) is 0 Å². The summed E-state index contributed by atoms with van der Waals surface area (Å²) in [5.41, 5.74) is 5.51. The highest BCUT2D eigenvalue weighted by atomic mass is 35.5. The first-order valence-electron chi connectivity index (χ1n) is 7.98. The Morgan fingerprint density at radius 1 is 1.20 bits per heavy atom. The van der Waals surface area contributed by atoms with Crippen molar-refractivity contribution >= 4 is 34.0 Å². The zero-order chi connectivity index (χ0) is 18.4. The Labute approximate surface area is 148 Å². The summed E-state index contributed by atoms with van der Waals surface area (Å²) in [6, 6.07) is 4.67. The van der Waals surface area contributed by atoms with Crippen LogP contribution in [0.3, 0.4) is 0 Å². The molecule has 0 amide bonds. The fraction of sp³-hybridized carbons (Fsp3) is 0.412. The molecule has 1 aromatic heterocycles. The van der Waals surface area contributed by atoms with Crippen LogP contribution >= 0.6 is 11.6 Å². The van der Waals surface area contributed by atoms with Crippen molar-refractivity contribution in [3.63, 3.8) is 0 Å². The number of anilines is 1. The fourth-order valence-electron chi connectivity index (χ4n) is 2.52. The smallest absolute Gasteiger partial charge is 0.384 e. The van der Waals surface area contributed by atoms with Crippen molar-refractivity contribution in [1.82, 2.24) is 4.98 Å². The van der Waals surface area contributed by atoms with E-state index in [4.69, 9.17) is 17.3 Å². The molecule has 4 nitrogen and oxygen atoms in total. The van der Waals surface area contributed by atoms with Gasteiger partial charge in [0.15, 0.2) is 0 Å². The number of fused-ring (bicyclic) bond motifs is 1. The topological polar surface area (TPSA) is 68.0 Å². The predicted octanol–water partition coefficient (Wildman–Crippen LogP) is 4.56. The highest BCUT2D eigenvalue weighted by Gasteiger charge is 2.41. The Bertz CT molecular complexity index is 750. The van der Waals surface area contributed by atoms with Gasteiger partial charge >= 0.3 is 6.18 Å². The van der Waals surface area contributed by atoms with Crippen LogP contribution in [0.2, 0.25) is 5.02 Å². The van der Waals surface area contributed by atoms with E-state index in [1.165, 1.54) is 0 Å². The van der Waals surface area contributed by atoms with E-state index in [2.05, 4.69) is 10.3 Å². The van der Waals surface area contributed by atoms with Crippen LogP contribution in [0.5, 0.6) is 0 Å². The van der Waals surface area contributed by atoms with E-state index in [1.807, 2.05) is 0 Å². The number of hydrogen-bond acceptors (Lipinski definition) is 4. The summed E-state index contributed by atoms with van der Waals surface area (Å²) >= 11 is 5.90. The molecule has 8 heteroatoms. The number of nitrogens with one attached hydrogen (secondary N) is 1. The molecule has 25 heavy (non-hydrogen) atoms. The molecule has 2 aromatic rings. The number of nitrogens with zero attached hydrogens (tertiary/aromatic N) is 1. The van der Waals surface area contributed by atoms with Gasteiger partial charge < -0.3 is 11.1 Å². The number of aromatic nitrogens is 1. The Balaban J connectivity index is 2.30. The first-order valence-corrected chi connectivity index (χ1v) is 8.36. The number of unbranched alkanes of at least 4 members (excludes halogenated alkanes) is 3. The second kappa shape index (κ2) is 8.49. The van der Waals surface area contributed by atoms with Crippen molar-refractivity contribution in [3.05, 3.63) is 35.0 Å². The number of benzene rings is 1. The molecule has 0 saturated heterocycles. The Morgan fingerprint density at radius 3 is 2.60 bits per heavy atom. The third-order valence-electron chi connectivity index (χ3n) is 3.77. The quantitative estimate of drug-likeness (QED) is 0.525. The van der Waals surface area contributed by atoms with Crippen molar-refractivity contribution < 1.29 is 18.0 Å². The van der Waals surface area contributed by atoms with Crippen LogP contribution in [0.1, 0.15) is 36.0 Å². The normalized spacial score (nSPS) is 11.7. The molecule has 0 aliphatic heterocycles. The summed E-state index contributed by atoms with van der Waals surface area (Å²) < 4.78 is 38.6. The molecule has 0 radical (unpaired) electrons. The molecule has 0 spiro atoms. The van der Waals surface area contributed by atoms with Crippen LogP contribution in [0.25, 0.3) is 10.9 Å². The Hall–Kier alpha value is -1.86. The highest BCUT2D eigenvalue weighted by Crippen LogP contribution is 2.32. The molecule has 0 aliphatic rings. The average Bonchev–Trinajstić information content (AvgIpc) is 2.56. The third-order valence-corrected chi connectivity index (χ3v) is 4.00. The molecule has 136 valence electrons. The lowest BCUT2D eigenvalue weighted by Gasteiger charge is -2.15. The van der Waals surface area contributed by atoms with E-state index >= 15 is 0 Å². The number of Topliss-reactive ketones (excluding diaryl/α,β-unsaturated/α-hetero) is 1. The number of nitrogens with two attached hydrogens (primary N) is 1. The van der Waals surface area contributed by atoms with Crippen LogP contribution in [0, 0.1) is 0 Å². The summed E-state index contributed by atoms with van der Waals surface area (Å²) in [5, 5.41) is 3.82. The number of carbonyl (C=O) groups is 1. The summed E-state index contributed by atoms with van der Waals surface area (Å²) in [5.74, 6) is -1.91. The third kappa shape index (κ3) is 5.06. The Morgan fingerprint density at radius 2 is 1.92 bits per heavy atom. The lowest BCUT2D eigenvalue weighted by molar-refractivity contribution is -0.0884. The Kier molecular flexibility index (Phi) is 6.61. The molecule has 0 atom stereocenters. The van der Waals surface area contributed by atoms with Crippen molar-refractivity contribution in [2.24, 2.45) is 5.73 Å². The van der Waals surface area contributed by atoms with Gasteiger partial charge in [-0.3, -0.25) is 9.78 Å². The first kappa shape index (κ1) is 19.5. The van der Waals surface area contributed by atoms with E-state index in [1.54, 1.807) is 18.2 Å². The molecule has 0 fully saturated rings. The van der Waals surface area contributed by atoms with Crippen LogP contribution in [0.15, 0.2) is 24.4 Å². The van der Waals surface area contributed by atoms with Gasteiger partial charge in [-0.1, -0.05) is 24.4 Å². The lowest BCUT2D eigenvalue weighted by atomic mass is 10.1. The van der Waals surface area contributed by atoms with E-state index in [0.717, 1.165) is 31.9 Å². The molecule has 0 aliphatic carbocycles. The first-order chi connectivity index (χ1) is 11.8. The second-order valence-corrected chi connectivity index (χ2v) is 6.10. The van der Waals surface area contributed by atoms with Gasteiger partial charge in [-0.15, -0.1) is 0 Å². The van der Waals surface area contributed by atoms with Crippen molar-refractivity contribution in [2.75, 3.05) is 18.4 Å². The molecule has 2 rings (SSSR count). The van der Waals surface area contributed by atoms with Crippen molar-refractivity contribution in [3.8, 4) is 0 Å². The van der Waals surface area contributed by atoms with E-state index in [9.17, 15) is 18.0 Å². The van der Waals surface area contributed by atoms with Gasteiger partial charge in [-0.05, 0) is 37.6 Å². The average molecular weight is 374 g/mol. The maximum atomic E-state index is 12.9. The summed E-state index contributed by atoms with van der Waals surface area (Å²) in [6.45, 7) is 1.07. The largest absolute Gasteiger partial charge is 0.455 e. The predicted molar refractivity (Wildman–Crippen MR) is 93.2 cm³/mol. The summed E-state index contributed by atoms with van der Waals surface area (Å²) in [6.07, 6.45) is -0.475. The molecule has 1 heterocycles. The van der Waals surface area contributed by atoms with Gasteiger partial charge in [-0.25, -0.2) is 0 Å². The molecule has 3 N–H and O–H groups in total.